The summed E-state index contributed by atoms with van der Waals surface area (Å²) < 4.78 is 6.23. The lowest BCUT2D eigenvalue weighted by Gasteiger charge is -2.34. The Balaban J connectivity index is 2.91. The van der Waals surface area contributed by atoms with E-state index in [1.165, 1.54) is 4.88 Å². The van der Waals surface area contributed by atoms with E-state index in [0.717, 1.165) is 17.4 Å². The number of ether oxygens (including phenoxy) is 1. The highest BCUT2D eigenvalue weighted by molar-refractivity contribution is 9.10. The lowest BCUT2D eigenvalue weighted by atomic mass is 10.0. The standard InChI is InChI=1S/C13H23BrN2O2S/c1-3-11(15)13(12-8-10(14)9-19-12)16(4-6-17)5-7-18-2/h8-9,11,13,17H,3-7,15H2,1-2H3. The first-order chi connectivity index (χ1) is 9.13. The minimum atomic E-state index is 0.0500. The van der Waals surface area contributed by atoms with Gasteiger partial charge in [-0.05, 0) is 28.4 Å². The van der Waals surface area contributed by atoms with E-state index in [1.807, 2.05) is 0 Å². The van der Waals surface area contributed by atoms with Crippen LogP contribution in [0.25, 0.3) is 0 Å². The van der Waals surface area contributed by atoms with Crippen LogP contribution in [0, 0.1) is 0 Å². The van der Waals surface area contributed by atoms with Gasteiger partial charge in [-0.15, -0.1) is 11.3 Å². The second-order valence-corrected chi connectivity index (χ2v) is 6.30. The van der Waals surface area contributed by atoms with Crippen molar-refractivity contribution in [2.75, 3.05) is 33.4 Å². The number of hydrogen-bond donors (Lipinski definition) is 2. The zero-order chi connectivity index (χ0) is 14.3. The molecular formula is C13H23BrN2O2S. The monoisotopic (exact) mass is 350 g/mol. The van der Waals surface area contributed by atoms with E-state index >= 15 is 0 Å². The maximum Gasteiger partial charge on any atom is 0.0595 e. The molecule has 1 heterocycles. The second kappa shape index (κ2) is 9.05. The first kappa shape index (κ1) is 17.1. The van der Waals surface area contributed by atoms with Gasteiger partial charge in [0.1, 0.15) is 0 Å². The van der Waals surface area contributed by atoms with Gasteiger partial charge in [0, 0.05) is 41.0 Å². The molecule has 0 aliphatic heterocycles. The molecule has 0 spiro atoms. The molecule has 0 saturated carbocycles. The summed E-state index contributed by atoms with van der Waals surface area (Å²) in [6, 6.07) is 2.29. The molecule has 6 heteroatoms. The van der Waals surface area contributed by atoms with Crippen LogP contribution < -0.4 is 5.73 Å². The van der Waals surface area contributed by atoms with Gasteiger partial charge in [0.25, 0.3) is 0 Å². The van der Waals surface area contributed by atoms with Gasteiger partial charge in [0.2, 0.25) is 0 Å². The molecule has 110 valence electrons. The van der Waals surface area contributed by atoms with E-state index in [2.05, 4.69) is 39.2 Å². The summed E-state index contributed by atoms with van der Waals surface area (Å²) in [5.74, 6) is 0. The predicted molar refractivity (Wildman–Crippen MR) is 83.6 cm³/mol. The van der Waals surface area contributed by atoms with Crippen molar-refractivity contribution in [3.05, 3.63) is 20.8 Å². The van der Waals surface area contributed by atoms with Crippen molar-refractivity contribution in [1.82, 2.24) is 4.90 Å². The Morgan fingerprint density at radius 3 is 2.74 bits per heavy atom. The Hall–Kier alpha value is 0.0200. The van der Waals surface area contributed by atoms with Crippen LogP contribution in [0.5, 0.6) is 0 Å². The van der Waals surface area contributed by atoms with Crippen LogP contribution in [0.2, 0.25) is 0 Å². The van der Waals surface area contributed by atoms with Crippen molar-refractivity contribution in [1.29, 1.82) is 0 Å². The van der Waals surface area contributed by atoms with Crippen molar-refractivity contribution >= 4 is 27.3 Å². The number of thiophene rings is 1. The summed E-state index contributed by atoms with van der Waals surface area (Å²) in [4.78, 5) is 3.43. The highest BCUT2D eigenvalue weighted by atomic mass is 79.9. The van der Waals surface area contributed by atoms with E-state index in [4.69, 9.17) is 10.5 Å². The number of aliphatic hydroxyl groups excluding tert-OH is 1. The van der Waals surface area contributed by atoms with E-state index in [1.54, 1.807) is 18.4 Å². The number of hydrogen-bond acceptors (Lipinski definition) is 5. The zero-order valence-electron chi connectivity index (χ0n) is 11.5. The van der Waals surface area contributed by atoms with Crippen LogP contribution in [0.15, 0.2) is 15.9 Å². The Kier molecular flexibility index (Phi) is 8.13. The Bertz CT molecular complexity index is 362. The third-order valence-electron chi connectivity index (χ3n) is 3.12. The molecule has 0 radical (unpaired) electrons. The lowest BCUT2D eigenvalue weighted by Crippen LogP contribution is -2.43. The third-order valence-corrected chi connectivity index (χ3v) is 4.88. The summed E-state index contributed by atoms with van der Waals surface area (Å²) in [6.07, 6.45) is 0.898. The topological polar surface area (TPSA) is 58.7 Å². The second-order valence-electron chi connectivity index (χ2n) is 4.44. The molecule has 0 fully saturated rings. The Morgan fingerprint density at radius 2 is 2.26 bits per heavy atom. The number of aliphatic hydroxyl groups is 1. The average Bonchev–Trinajstić information content (AvgIpc) is 2.82. The molecular weight excluding hydrogens is 328 g/mol. The van der Waals surface area contributed by atoms with Gasteiger partial charge in [0.15, 0.2) is 0 Å². The van der Waals surface area contributed by atoms with Gasteiger partial charge in [-0.3, -0.25) is 4.90 Å². The fraction of sp³-hybridized carbons (Fsp3) is 0.692. The number of halogens is 1. The summed E-state index contributed by atoms with van der Waals surface area (Å²) in [5, 5.41) is 11.3. The van der Waals surface area contributed by atoms with Crippen molar-refractivity contribution in [2.45, 2.75) is 25.4 Å². The van der Waals surface area contributed by atoms with Crippen LogP contribution in [0.3, 0.4) is 0 Å². The molecule has 0 bridgehead atoms. The van der Waals surface area contributed by atoms with Crippen LogP contribution in [-0.2, 0) is 4.74 Å². The fourth-order valence-corrected chi connectivity index (χ4v) is 3.75. The van der Waals surface area contributed by atoms with Crippen molar-refractivity contribution < 1.29 is 9.84 Å². The van der Waals surface area contributed by atoms with Crippen molar-refractivity contribution in [2.24, 2.45) is 5.73 Å². The van der Waals surface area contributed by atoms with Gasteiger partial charge < -0.3 is 15.6 Å². The number of nitrogens with zero attached hydrogens (tertiary/aromatic N) is 1. The normalized spacial score (nSPS) is 14.8. The SMILES string of the molecule is CCC(N)C(c1cc(Br)cs1)N(CCO)CCOC. The Labute approximate surface area is 127 Å². The van der Waals surface area contributed by atoms with E-state index in [-0.39, 0.29) is 18.7 Å². The van der Waals surface area contributed by atoms with E-state index < -0.39 is 0 Å². The van der Waals surface area contributed by atoms with Gasteiger partial charge >= 0.3 is 0 Å². The van der Waals surface area contributed by atoms with E-state index in [0.29, 0.717) is 13.2 Å². The summed E-state index contributed by atoms with van der Waals surface area (Å²) in [6.45, 7) is 4.23. The molecule has 1 aromatic rings. The van der Waals surface area contributed by atoms with Gasteiger partial charge in [0.05, 0.1) is 19.3 Å². The van der Waals surface area contributed by atoms with Crippen molar-refractivity contribution in [3.8, 4) is 0 Å². The molecule has 0 aliphatic rings. The van der Waals surface area contributed by atoms with Gasteiger partial charge in [-0.1, -0.05) is 6.92 Å². The molecule has 4 nitrogen and oxygen atoms in total. The minimum absolute atomic E-state index is 0.0500. The zero-order valence-corrected chi connectivity index (χ0v) is 13.9. The van der Waals surface area contributed by atoms with Crippen LogP contribution in [0.4, 0.5) is 0 Å². The first-order valence-corrected chi connectivity index (χ1v) is 8.14. The molecule has 0 aliphatic carbocycles. The number of methoxy groups -OCH3 is 1. The lowest BCUT2D eigenvalue weighted by molar-refractivity contribution is 0.0912. The minimum Gasteiger partial charge on any atom is -0.395 e. The summed E-state index contributed by atoms with van der Waals surface area (Å²) >= 11 is 5.19. The summed E-state index contributed by atoms with van der Waals surface area (Å²) in [7, 11) is 1.69. The first-order valence-electron chi connectivity index (χ1n) is 6.47. The van der Waals surface area contributed by atoms with Crippen LogP contribution >= 0.6 is 27.3 Å². The molecule has 0 saturated heterocycles. The summed E-state index contributed by atoms with van der Waals surface area (Å²) in [5.41, 5.74) is 6.29. The molecule has 0 aromatic carbocycles. The van der Waals surface area contributed by atoms with Gasteiger partial charge in [-0.2, -0.15) is 0 Å². The van der Waals surface area contributed by atoms with Crippen LogP contribution in [-0.4, -0.2) is 49.5 Å². The highest BCUT2D eigenvalue weighted by Gasteiger charge is 2.26. The number of nitrogens with two attached hydrogens (primary N) is 1. The molecule has 19 heavy (non-hydrogen) atoms. The predicted octanol–water partition coefficient (Wildman–Crippen LogP) is 2.23. The van der Waals surface area contributed by atoms with Crippen LogP contribution in [0.1, 0.15) is 24.3 Å². The maximum absolute atomic E-state index is 9.26. The molecule has 0 amide bonds. The fourth-order valence-electron chi connectivity index (χ4n) is 2.10. The molecule has 2 unspecified atom stereocenters. The molecule has 3 N–H and O–H groups in total. The number of rotatable bonds is 9. The molecule has 1 rings (SSSR count). The van der Waals surface area contributed by atoms with Gasteiger partial charge in [-0.25, -0.2) is 0 Å². The Morgan fingerprint density at radius 1 is 1.53 bits per heavy atom. The maximum atomic E-state index is 9.26. The quantitative estimate of drug-likeness (QED) is 0.716. The largest absolute Gasteiger partial charge is 0.395 e. The van der Waals surface area contributed by atoms with E-state index in [9.17, 15) is 5.11 Å². The average molecular weight is 351 g/mol. The third kappa shape index (κ3) is 5.13. The smallest absolute Gasteiger partial charge is 0.0595 e. The molecule has 1 aromatic heterocycles. The highest BCUT2D eigenvalue weighted by Crippen LogP contribution is 2.32. The van der Waals surface area contributed by atoms with Crippen molar-refractivity contribution in [3.63, 3.8) is 0 Å². The molecule has 2 atom stereocenters.